The Morgan fingerprint density at radius 1 is 1.41 bits per heavy atom. The molecule has 2 heterocycles. The molecule has 1 saturated heterocycles. The minimum atomic E-state index is 0.667. The van der Waals surface area contributed by atoms with E-state index >= 15 is 0 Å². The van der Waals surface area contributed by atoms with Crippen molar-refractivity contribution in [1.82, 2.24) is 14.9 Å². The predicted octanol–water partition coefficient (Wildman–Crippen LogP) is 1.94. The fraction of sp³-hybridized carbons (Fsp3) is 0.692. The summed E-state index contributed by atoms with van der Waals surface area (Å²) in [7, 11) is 0. The van der Waals surface area contributed by atoms with Crippen molar-refractivity contribution < 1.29 is 0 Å². The maximum atomic E-state index is 4.26. The molecular weight excluding hydrogens is 212 g/mol. The molecular formula is C13H22N4. The van der Waals surface area contributed by atoms with E-state index in [0.717, 1.165) is 31.0 Å². The van der Waals surface area contributed by atoms with Gasteiger partial charge in [0.15, 0.2) is 0 Å². The number of nitrogens with one attached hydrogen (secondary N) is 1. The van der Waals surface area contributed by atoms with Gasteiger partial charge >= 0.3 is 0 Å². The number of likely N-dealkylation sites (N-methyl/N-ethyl adjacent to an activating group) is 1. The van der Waals surface area contributed by atoms with Crippen molar-refractivity contribution in [1.29, 1.82) is 0 Å². The Kier molecular flexibility index (Phi) is 4.31. The van der Waals surface area contributed by atoms with Crippen LogP contribution >= 0.6 is 0 Å². The zero-order valence-corrected chi connectivity index (χ0v) is 10.8. The van der Waals surface area contributed by atoms with Crippen molar-refractivity contribution in [2.45, 2.75) is 39.2 Å². The first-order chi connectivity index (χ1) is 8.33. The van der Waals surface area contributed by atoms with Crippen LogP contribution < -0.4 is 5.32 Å². The second kappa shape index (κ2) is 5.96. The Labute approximate surface area is 103 Å². The number of likely N-dealkylation sites (tertiary alicyclic amines) is 1. The Bertz CT molecular complexity index is 353. The molecule has 94 valence electrons. The standard InChI is InChI=1S/C13H22N4/c1-3-11-8-13(16-10-15-11)14-9-12-6-5-7-17(12)4-2/h8,10,12H,3-7,9H2,1-2H3,(H,14,15,16). The van der Waals surface area contributed by atoms with E-state index in [2.05, 4.69) is 34.0 Å². The van der Waals surface area contributed by atoms with Gasteiger partial charge in [-0.2, -0.15) is 0 Å². The highest BCUT2D eigenvalue weighted by molar-refractivity contribution is 5.35. The molecule has 1 N–H and O–H groups in total. The molecule has 1 fully saturated rings. The lowest BCUT2D eigenvalue weighted by molar-refractivity contribution is 0.277. The highest BCUT2D eigenvalue weighted by Crippen LogP contribution is 2.17. The molecule has 1 aliphatic rings. The van der Waals surface area contributed by atoms with E-state index in [-0.39, 0.29) is 0 Å². The minimum Gasteiger partial charge on any atom is -0.368 e. The molecule has 1 unspecified atom stereocenters. The van der Waals surface area contributed by atoms with E-state index in [1.807, 2.05) is 6.07 Å². The summed E-state index contributed by atoms with van der Waals surface area (Å²) < 4.78 is 0. The quantitative estimate of drug-likeness (QED) is 0.845. The van der Waals surface area contributed by atoms with E-state index in [4.69, 9.17) is 0 Å². The van der Waals surface area contributed by atoms with Gasteiger partial charge in [-0.25, -0.2) is 9.97 Å². The number of anilines is 1. The summed E-state index contributed by atoms with van der Waals surface area (Å²) in [5, 5.41) is 3.43. The van der Waals surface area contributed by atoms with Crippen LogP contribution in [-0.4, -0.2) is 40.5 Å². The number of nitrogens with zero attached hydrogens (tertiary/aromatic N) is 3. The summed E-state index contributed by atoms with van der Waals surface area (Å²) >= 11 is 0. The summed E-state index contributed by atoms with van der Waals surface area (Å²) in [5.41, 5.74) is 1.10. The summed E-state index contributed by atoms with van der Waals surface area (Å²) in [4.78, 5) is 11.0. The van der Waals surface area contributed by atoms with E-state index < -0.39 is 0 Å². The molecule has 0 spiro atoms. The lowest BCUT2D eigenvalue weighted by atomic mass is 10.2. The molecule has 0 aliphatic carbocycles. The zero-order chi connectivity index (χ0) is 12.1. The number of hydrogen-bond donors (Lipinski definition) is 1. The second-order valence-corrected chi connectivity index (χ2v) is 4.55. The minimum absolute atomic E-state index is 0.667. The fourth-order valence-corrected chi connectivity index (χ4v) is 2.45. The Hall–Kier alpha value is -1.16. The molecule has 0 aromatic carbocycles. The molecule has 4 heteroatoms. The largest absolute Gasteiger partial charge is 0.368 e. The van der Waals surface area contributed by atoms with Crippen molar-refractivity contribution in [2.24, 2.45) is 0 Å². The first-order valence-electron chi connectivity index (χ1n) is 6.62. The fourth-order valence-electron chi connectivity index (χ4n) is 2.45. The molecule has 1 aromatic rings. The van der Waals surface area contributed by atoms with Gasteiger partial charge in [0.05, 0.1) is 0 Å². The van der Waals surface area contributed by atoms with Gasteiger partial charge in [-0.3, -0.25) is 4.90 Å². The van der Waals surface area contributed by atoms with Gasteiger partial charge in [0, 0.05) is 24.3 Å². The van der Waals surface area contributed by atoms with Crippen molar-refractivity contribution in [3.05, 3.63) is 18.1 Å². The maximum absolute atomic E-state index is 4.26. The van der Waals surface area contributed by atoms with Gasteiger partial charge in [0.1, 0.15) is 12.1 Å². The van der Waals surface area contributed by atoms with Crippen LogP contribution in [0.25, 0.3) is 0 Å². The molecule has 0 radical (unpaired) electrons. The average Bonchev–Trinajstić information content (AvgIpc) is 2.84. The van der Waals surface area contributed by atoms with Gasteiger partial charge in [-0.15, -0.1) is 0 Å². The lowest BCUT2D eigenvalue weighted by Crippen LogP contribution is -2.34. The molecule has 1 aromatic heterocycles. The first kappa shape index (κ1) is 12.3. The Balaban J connectivity index is 1.88. The summed E-state index contributed by atoms with van der Waals surface area (Å²) in [5.74, 6) is 0.958. The molecule has 1 atom stereocenters. The van der Waals surface area contributed by atoms with Crippen molar-refractivity contribution in [3.63, 3.8) is 0 Å². The molecule has 4 nitrogen and oxygen atoms in total. The SMILES string of the molecule is CCc1cc(NCC2CCCN2CC)ncn1. The van der Waals surface area contributed by atoms with E-state index in [9.17, 15) is 0 Å². The molecule has 1 aliphatic heterocycles. The van der Waals surface area contributed by atoms with Crippen molar-refractivity contribution in [3.8, 4) is 0 Å². The number of aromatic nitrogens is 2. The van der Waals surface area contributed by atoms with Crippen LogP contribution in [0.3, 0.4) is 0 Å². The van der Waals surface area contributed by atoms with Gasteiger partial charge in [-0.1, -0.05) is 13.8 Å². The molecule has 17 heavy (non-hydrogen) atoms. The third-order valence-corrected chi connectivity index (χ3v) is 3.51. The average molecular weight is 234 g/mol. The van der Waals surface area contributed by atoms with Crippen LogP contribution in [0.2, 0.25) is 0 Å². The number of aryl methyl sites for hydroxylation is 1. The third-order valence-electron chi connectivity index (χ3n) is 3.51. The Morgan fingerprint density at radius 2 is 2.29 bits per heavy atom. The maximum Gasteiger partial charge on any atom is 0.129 e. The van der Waals surface area contributed by atoms with E-state index in [1.54, 1.807) is 6.33 Å². The molecule has 0 bridgehead atoms. The van der Waals surface area contributed by atoms with Crippen molar-refractivity contribution >= 4 is 5.82 Å². The zero-order valence-electron chi connectivity index (χ0n) is 10.8. The molecule has 0 saturated carbocycles. The first-order valence-corrected chi connectivity index (χ1v) is 6.62. The van der Waals surface area contributed by atoms with Crippen LogP contribution in [0.4, 0.5) is 5.82 Å². The highest BCUT2D eigenvalue weighted by atomic mass is 15.2. The normalized spacial score (nSPS) is 20.7. The van der Waals surface area contributed by atoms with E-state index in [0.29, 0.717) is 6.04 Å². The van der Waals surface area contributed by atoms with Crippen molar-refractivity contribution in [2.75, 3.05) is 25.0 Å². The summed E-state index contributed by atoms with van der Waals surface area (Å²) in [6.07, 6.45) is 5.23. The topological polar surface area (TPSA) is 41.0 Å². The smallest absolute Gasteiger partial charge is 0.129 e. The molecule has 0 amide bonds. The van der Waals surface area contributed by atoms with Crippen LogP contribution in [-0.2, 0) is 6.42 Å². The van der Waals surface area contributed by atoms with Gasteiger partial charge in [0.25, 0.3) is 0 Å². The van der Waals surface area contributed by atoms with Crippen LogP contribution in [0.15, 0.2) is 12.4 Å². The lowest BCUT2D eigenvalue weighted by Gasteiger charge is -2.23. The predicted molar refractivity (Wildman–Crippen MR) is 70.2 cm³/mol. The van der Waals surface area contributed by atoms with Crippen LogP contribution in [0.1, 0.15) is 32.4 Å². The highest BCUT2D eigenvalue weighted by Gasteiger charge is 2.22. The summed E-state index contributed by atoms with van der Waals surface area (Å²) in [6.45, 7) is 7.73. The van der Waals surface area contributed by atoms with Crippen LogP contribution in [0.5, 0.6) is 0 Å². The summed E-state index contributed by atoms with van der Waals surface area (Å²) in [6, 6.07) is 2.71. The van der Waals surface area contributed by atoms with Gasteiger partial charge in [-0.05, 0) is 32.4 Å². The monoisotopic (exact) mass is 234 g/mol. The third kappa shape index (κ3) is 3.16. The molecule has 2 rings (SSSR count). The van der Waals surface area contributed by atoms with Crippen LogP contribution in [0, 0.1) is 0 Å². The number of rotatable bonds is 5. The number of hydrogen-bond acceptors (Lipinski definition) is 4. The van der Waals surface area contributed by atoms with Gasteiger partial charge in [0.2, 0.25) is 0 Å². The van der Waals surface area contributed by atoms with E-state index in [1.165, 1.54) is 19.4 Å². The second-order valence-electron chi connectivity index (χ2n) is 4.55. The Morgan fingerprint density at radius 3 is 3.06 bits per heavy atom. The van der Waals surface area contributed by atoms with Gasteiger partial charge < -0.3 is 5.32 Å².